The van der Waals surface area contributed by atoms with Crippen LogP contribution in [0.25, 0.3) is 0 Å². The lowest BCUT2D eigenvalue weighted by Gasteiger charge is -2.09. The van der Waals surface area contributed by atoms with E-state index in [9.17, 15) is 4.79 Å². The summed E-state index contributed by atoms with van der Waals surface area (Å²) in [5.74, 6) is 2.13. The average molecular weight is 300 g/mol. The number of carbonyl (C=O) groups is 1. The summed E-state index contributed by atoms with van der Waals surface area (Å²) < 4.78 is 15.9. The minimum atomic E-state index is -0.298. The molecular weight excluding hydrogens is 284 g/mol. The summed E-state index contributed by atoms with van der Waals surface area (Å²) in [7, 11) is 0. The van der Waals surface area contributed by atoms with Crippen LogP contribution in [-0.2, 0) is 6.54 Å². The fourth-order valence-electron chi connectivity index (χ4n) is 2.00. The van der Waals surface area contributed by atoms with E-state index < -0.39 is 0 Å². The fourth-order valence-corrected chi connectivity index (χ4v) is 2.00. The zero-order chi connectivity index (χ0) is 15.2. The summed E-state index contributed by atoms with van der Waals surface area (Å²) in [5.41, 5.74) is 0.934. The Hall–Kier alpha value is -2.89. The van der Waals surface area contributed by atoms with E-state index in [4.69, 9.17) is 14.2 Å². The van der Waals surface area contributed by atoms with Crippen molar-refractivity contribution < 1.29 is 19.0 Å². The van der Waals surface area contributed by atoms with Gasteiger partial charge in [0.05, 0.1) is 0 Å². The third-order valence-electron chi connectivity index (χ3n) is 3.10. The summed E-state index contributed by atoms with van der Waals surface area (Å²) in [4.78, 5) is 11.7. The minimum Gasteiger partial charge on any atom is -0.473 e. The highest BCUT2D eigenvalue weighted by Crippen LogP contribution is 2.32. The molecule has 6 nitrogen and oxygen atoms in total. The fraction of sp³-hybridized carbons (Fsp3) is 0.188. The molecule has 0 aromatic heterocycles. The highest BCUT2D eigenvalue weighted by Gasteiger charge is 2.13. The lowest BCUT2D eigenvalue weighted by atomic mass is 10.2. The molecule has 3 rings (SSSR count). The summed E-state index contributed by atoms with van der Waals surface area (Å²) in [5, 5.41) is 5.38. The number of benzene rings is 2. The van der Waals surface area contributed by atoms with E-state index >= 15 is 0 Å². The molecule has 2 N–H and O–H groups in total. The molecule has 1 heterocycles. The maximum atomic E-state index is 11.7. The van der Waals surface area contributed by atoms with Crippen LogP contribution in [0.15, 0.2) is 48.5 Å². The molecule has 0 radical (unpaired) electrons. The number of amides is 2. The SMILES string of the molecule is O=C(NCOc1ccccc1)NCc1ccc2c(c1)OCO2. The Kier molecular flexibility index (Phi) is 4.29. The summed E-state index contributed by atoms with van der Waals surface area (Å²) in [6.07, 6.45) is 0. The molecule has 6 heteroatoms. The monoisotopic (exact) mass is 300 g/mol. The Bertz CT molecular complexity index is 646. The number of para-hydroxylation sites is 1. The predicted molar refractivity (Wildman–Crippen MR) is 79.9 cm³/mol. The van der Waals surface area contributed by atoms with Gasteiger partial charge in [0.2, 0.25) is 6.79 Å². The van der Waals surface area contributed by atoms with Gasteiger partial charge >= 0.3 is 6.03 Å². The molecule has 2 aromatic rings. The van der Waals surface area contributed by atoms with Crippen molar-refractivity contribution in [2.24, 2.45) is 0 Å². The number of ether oxygens (including phenoxy) is 3. The van der Waals surface area contributed by atoms with Crippen molar-refractivity contribution in [2.75, 3.05) is 13.5 Å². The Morgan fingerprint density at radius 2 is 1.86 bits per heavy atom. The Morgan fingerprint density at radius 1 is 1.05 bits per heavy atom. The molecule has 0 saturated carbocycles. The first-order valence-electron chi connectivity index (χ1n) is 6.89. The second-order valence-electron chi connectivity index (χ2n) is 4.65. The first-order valence-corrected chi connectivity index (χ1v) is 6.89. The van der Waals surface area contributed by atoms with Gasteiger partial charge in [-0.05, 0) is 29.8 Å². The molecule has 1 aliphatic heterocycles. The Morgan fingerprint density at radius 3 is 2.73 bits per heavy atom. The molecule has 22 heavy (non-hydrogen) atoms. The van der Waals surface area contributed by atoms with Gasteiger partial charge in [-0.25, -0.2) is 4.79 Å². The van der Waals surface area contributed by atoms with Crippen molar-refractivity contribution in [3.05, 3.63) is 54.1 Å². The van der Waals surface area contributed by atoms with Crippen LogP contribution in [0.2, 0.25) is 0 Å². The van der Waals surface area contributed by atoms with Gasteiger partial charge in [-0.1, -0.05) is 24.3 Å². The van der Waals surface area contributed by atoms with Crippen molar-refractivity contribution in [1.29, 1.82) is 0 Å². The number of rotatable bonds is 5. The van der Waals surface area contributed by atoms with Gasteiger partial charge < -0.3 is 24.8 Å². The van der Waals surface area contributed by atoms with Gasteiger partial charge in [0.1, 0.15) is 5.75 Å². The predicted octanol–water partition coefficient (Wildman–Crippen LogP) is 2.25. The van der Waals surface area contributed by atoms with E-state index in [2.05, 4.69) is 10.6 Å². The molecular formula is C16H16N2O4. The standard InChI is InChI=1S/C16H16N2O4/c19-16(18-10-20-13-4-2-1-3-5-13)17-9-12-6-7-14-15(8-12)22-11-21-14/h1-8H,9-11H2,(H2,17,18,19). The average Bonchev–Trinajstić information content (AvgIpc) is 3.01. The molecule has 0 saturated heterocycles. The largest absolute Gasteiger partial charge is 0.473 e. The van der Waals surface area contributed by atoms with Crippen LogP contribution in [0.3, 0.4) is 0 Å². The van der Waals surface area contributed by atoms with Crippen LogP contribution in [-0.4, -0.2) is 19.6 Å². The lowest BCUT2D eigenvalue weighted by Crippen LogP contribution is -2.37. The number of fused-ring (bicyclic) bond motifs is 1. The van der Waals surface area contributed by atoms with E-state index in [1.54, 1.807) is 0 Å². The Labute approximate surface area is 128 Å². The molecule has 0 atom stereocenters. The third kappa shape index (κ3) is 3.60. The van der Waals surface area contributed by atoms with Gasteiger partial charge in [-0.3, -0.25) is 0 Å². The molecule has 0 bridgehead atoms. The number of urea groups is 1. The van der Waals surface area contributed by atoms with Crippen LogP contribution in [0.1, 0.15) is 5.56 Å². The molecule has 1 aliphatic rings. The summed E-state index contributed by atoms with van der Waals surface area (Å²) in [6.45, 7) is 0.744. The van der Waals surface area contributed by atoms with Crippen molar-refractivity contribution in [2.45, 2.75) is 6.54 Å². The maximum Gasteiger partial charge on any atom is 0.317 e. The van der Waals surface area contributed by atoms with Crippen molar-refractivity contribution in [3.63, 3.8) is 0 Å². The van der Waals surface area contributed by atoms with Crippen molar-refractivity contribution >= 4 is 6.03 Å². The second-order valence-corrected chi connectivity index (χ2v) is 4.65. The lowest BCUT2D eigenvalue weighted by molar-refractivity contribution is 0.174. The van der Waals surface area contributed by atoms with E-state index in [0.717, 1.165) is 11.3 Å². The smallest absolute Gasteiger partial charge is 0.317 e. The van der Waals surface area contributed by atoms with Crippen LogP contribution in [0, 0.1) is 0 Å². The van der Waals surface area contributed by atoms with Gasteiger partial charge in [-0.15, -0.1) is 0 Å². The van der Waals surface area contributed by atoms with E-state index in [1.165, 1.54) is 0 Å². The molecule has 114 valence electrons. The van der Waals surface area contributed by atoms with Crippen LogP contribution in [0.4, 0.5) is 4.79 Å². The number of hydrogen-bond donors (Lipinski definition) is 2. The normalized spacial score (nSPS) is 11.8. The van der Waals surface area contributed by atoms with Gasteiger partial charge in [0.25, 0.3) is 0 Å². The quantitative estimate of drug-likeness (QED) is 0.831. The number of nitrogens with one attached hydrogen (secondary N) is 2. The van der Waals surface area contributed by atoms with Gasteiger partial charge in [-0.2, -0.15) is 0 Å². The van der Waals surface area contributed by atoms with Gasteiger partial charge in [0, 0.05) is 6.54 Å². The maximum absolute atomic E-state index is 11.7. The van der Waals surface area contributed by atoms with E-state index in [-0.39, 0.29) is 19.6 Å². The molecule has 0 fully saturated rings. The number of carbonyl (C=O) groups excluding carboxylic acids is 1. The van der Waals surface area contributed by atoms with Crippen molar-refractivity contribution in [3.8, 4) is 17.2 Å². The van der Waals surface area contributed by atoms with Crippen LogP contribution >= 0.6 is 0 Å². The first kappa shape index (κ1) is 14.1. The topological polar surface area (TPSA) is 68.8 Å². The summed E-state index contributed by atoms with van der Waals surface area (Å²) >= 11 is 0. The van der Waals surface area contributed by atoms with Gasteiger partial charge in [0.15, 0.2) is 18.2 Å². The second kappa shape index (κ2) is 6.71. The third-order valence-corrected chi connectivity index (χ3v) is 3.10. The highest BCUT2D eigenvalue weighted by molar-refractivity contribution is 5.73. The van der Waals surface area contributed by atoms with Crippen LogP contribution < -0.4 is 24.8 Å². The zero-order valence-electron chi connectivity index (χ0n) is 11.9. The Balaban J connectivity index is 1.41. The van der Waals surface area contributed by atoms with Crippen LogP contribution in [0.5, 0.6) is 17.2 Å². The minimum absolute atomic E-state index is 0.108. The highest BCUT2D eigenvalue weighted by atomic mass is 16.7. The van der Waals surface area contributed by atoms with E-state index in [1.807, 2.05) is 48.5 Å². The number of hydrogen-bond acceptors (Lipinski definition) is 4. The molecule has 2 amide bonds. The molecule has 0 spiro atoms. The zero-order valence-corrected chi connectivity index (χ0v) is 11.9. The first-order chi connectivity index (χ1) is 10.8. The molecule has 0 aliphatic carbocycles. The molecule has 0 unspecified atom stereocenters. The summed E-state index contributed by atoms with van der Waals surface area (Å²) in [6, 6.07) is 14.6. The molecule has 2 aromatic carbocycles. The van der Waals surface area contributed by atoms with E-state index in [0.29, 0.717) is 18.0 Å². The van der Waals surface area contributed by atoms with Crippen molar-refractivity contribution in [1.82, 2.24) is 10.6 Å².